The van der Waals surface area contributed by atoms with Crippen LogP contribution < -0.4 is 4.90 Å². The Labute approximate surface area is 225 Å². The van der Waals surface area contributed by atoms with E-state index in [2.05, 4.69) is 37.8 Å². The van der Waals surface area contributed by atoms with Crippen molar-refractivity contribution in [1.82, 2.24) is 0 Å². The molecule has 0 unspecified atom stereocenters. The summed E-state index contributed by atoms with van der Waals surface area (Å²) in [7, 11) is 0. The maximum Gasteiger partial charge on any atom is 0.323 e. The van der Waals surface area contributed by atoms with Crippen LogP contribution in [0.5, 0.6) is 0 Å². The van der Waals surface area contributed by atoms with E-state index >= 15 is 0 Å². The SMILES string of the molecule is CCCCCCCCCCCCN1/C(=C/C=C2/C=C([N+](=O)[O-])C=C([N+](=O)[O-])C2=O)C(C)(C)c2ccccc21. The van der Waals surface area contributed by atoms with Crippen LogP contribution in [-0.2, 0) is 10.2 Å². The lowest BCUT2D eigenvalue weighted by Gasteiger charge is -2.27. The van der Waals surface area contributed by atoms with E-state index in [1.165, 1.54) is 63.0 Å². The number of allylic oxidation sites excluding steroid dienone is 6. The Morgan fingerprint density at radius 2 is 1.45 bits per heavy atom. The van der Waals surface area contributed by atoms with Crippen molar-refractivity contribution in [2.75, 3.05) is 11.4 Å². The van der Waals surface area contributed by atoms with Crippen molar-refractivity contribution in [2.45, 2.75) is 90.4 Å². The number of anilines is 1. The quantitative estimate of drug-likeness (QED) is 0.109. The number of benzene rings is 1. The third-order valence-electron chi connectivity index (χ3n) is 7.45. The van der Waals surface area contributed by atoms with Crippen LogP contribution in [0, 0.1) is 20.2 Å². The van der Waals surface area contributed by atoms with E-state index in [4.69, 9.17) is 0 Å². The third kappa shape index (κ3) is 6.85. The molecule has 0 spiro atoms. The van der Waals surface area contributed by atoms with E-state index in [1.54, 1.807) is 6.08 Å². The van der Waals surface area contributed by atoms with E-state index in [0.717, 1.165) is 42.9 Å². The van der Waals surface area contributed by atoms with Gasteiger partial charge in [-0.1, -0.05) is 96.8 Å². The van der Waals surface area contributed by atoms with Crippen LogP contribution in [0.4, 0.5) is 5.69 Å². The van der Waals surface area contributed by atoms with Gasteiger partial charge in [0.05, 0.1) is 15.9 Å². The summed E-state index contributed by atoms with van der Waals surface area (Å²) in [5.41, 5.74) is 1.55. The summed E-state index contributed by atoms with van der Waals surface area (Å²) in [6.45, 7) is 7.27. The first kappa shape index (κ1) is 29.0. The molecule has 1 aromatic carbocycles. The zero-order valence-corrected chi connectivity index (χ0v) is 22.8. The van der Waals surface area contributed by atoms with Gasteiger partial charge >= 0.3 is 5.70 Å². The number of nitro groups is 2. The fourth-order valence-corrected chi connectivity index (χ4v) is 5.29. The summed E-state index contributed by atoms with van der Waals surface area (Å²) in [4.78, 5) is 36.0. The van der Waals surface area contributed by atoms with Crippen LogP contribution in [0.25, 0.3) is 0 Å². The van der Waals surface area contributed by atoms with Crippen molar-refractivity contribution in [3.05, 3.63) is 97.0 Å². The van der Waals surface area contributed by atoms with Crippen molar-refractivity contribution < 1.29 is 14.6 Å². The Kier molecular flexibility index (Phi) is 10.2. The Balaban J connectivity index is 1.75. The Hall–Kier alpha value is -3.55. The van der Waals surface area contributed by atoms with Gasteiger partial charge in [-0.3, -0.25) is 25.0 Å². The van der Waals surface area contributed by atoms with Crippen molar-refractivity contribution >= 4 is 11.5 Å². The number of hydrogen-bond donors (Lipinski definition) is 0. The topological polar surface area (TPSA) is 107 Å². The molecule has 0 saturated carbocycles. The zero-order chi connectivity index (χ0) is 27.7. The third-order valence-corrected chi connectivity index (χ3v) is 7.45. The second-order valence-corrected chi connectivity index (χ2v) is 10.6. The minimum atomic E-state index is -0.868. The van der Waals surface area contributed by atoms with Crippen molar-refractivity contribution in [3.63, 3.8) is 0 Å². The molecule has 1 aliphatic heterocycles. The zero-order valence-electron chi connectivity index (χ0n) is 22.8. The van der Waals surface area contributed by atoms with Gasteiger partial charge in [-0.2, -0.15) is 0 Å². The van der Waals surface area contributed by atoms with E-state index < -0.39 is 27.0 Å². The molecule has 0 atom stereocenters. The van der Waals surface area contributed by atoms with Gasteiger partial charge in [0.2, 0.25) is 0 Å². The minimum absolute atomic E-state index is 0.0657. The maximum atomic E-state index is 12.7. The van der Waals surface area contributed by atoms with Gasteiger partial charge in [-0.15, -0.1) is 0 Å². The lowest BCUT2D eigenvalue weighted by Crippen LogP contribution is -2.27. The molecule has 1 aromatic rings. The molecule has 8 nitrogen and oxygen atoms in total. The number of ketones is 1. The monoisotopic (exact) mass is 521 g/mol. The molecule has 2 aliphatic rings. The summed E-state index contributed by atoms with van der Waals surface area (Å²) in [6, 6.07) is 8.20. The molecule has 8 heteroatoms. The molecule has 204 valence electrons. The Bertz CT molecular complexity index is 1180. The fraction of sp³-hybridized carbons (Fsp3) is 0.500. The summed E-state index contributed by atoms with van der Waals surface area (Å²) < 4.78 is 0. The summed E-state index contributed by atoms with van der Waals surface area (Å²) in [5, 5.41) is 22.6. The highest BCUT2D eigenvalue weighted by molar-refractivity contribution is 6.10. The molecule has 1 aliphatic carbocycles. The van der Waals surface area contributed by atoms with Gasteiger partial charge in [-0.05, 0) is 30.2 Å². The molecule has 0 N–H and O–H groups in total. The second kappa shape index (κ2) is 13.3. The molecule has 1 heterocycles. The van der Waals surface area contributed by atoms with Crippen molar-refractivity contribution in [2.24, 2.45) is 0 Å². The van der Waals surface area contributed by atoms with Crippen LogP contribution in [-0.4, -0.2) is 22.2 Å². The van der Waals surface area contributed by atoms with E-state index in [-0.39, 0.29) is 11.0 Å². The maximum absolute atomic E-state index is 12.7. The predicted octanol–water partition coefficient (Wildman–Crippen LogP) is 7.42. The van der Waals surface area contributed by atoms with Crippen LogP contribution >= 0.6 is 0 Å². The second-order valence-electron chi connectivity index (χ2n) is 10.6. The largest absolute Gasteiger partial charge is 0.344 e. The van der Waals surface area contributed by atoms with Gasteiger partial charge in [0.1, 0.15) is 0 Å². The van der Waals surface area contributed by atoms with Gasteiger partial charge in [-0.25, -0.2) is 0 Å². The van der Waals surface area contributed by atoms with Crippen molar-refractivity contribution in [3.8, 4) is 0 Å². The van der Waals surface area contributed by atoms with E-state index in [1.807, 2.05) is 12.1 Å². The van der Waals surface area contributed by atoms with Gasteiger partial charge < -0.3 is 4.90 Å². The number of carbonyl (C=O) groups is 1. The van der Waals surface area contributed by atoms with E-state index in [0.29, 0.717) is 0 Å². The first-order valence-corrected chi connectivity index (χ1v) is 13.7. The summed E-state index contributed by atoms with van der Waals surface area (Å²) >= 11 is 0. The van der Waals surface area contributed by atoms with Crippen LogP contribution in [0.2, 0.25) is 0 Å². The lowest BCUT2D eigenvalue weighted by molar-refractivity contribution is -0.431. The first-order valence-electron chi connectivity index (χ1n) is 13.7. The minimum Gasteiger partial charge on any atom is -0.344 e. The molecular weight excluding hydrogens is 482 g/mol. The summed E-state index contributed by atoms with van der Waals surface area (Å²) in [6.07, 6.45) is 17.6. The average molecular weight is 522 g/mol. The van der Waals surface area contributed by atoms with Crippen LogP contribution in [0.1, 0.15) is 90.5 Å². The van der Waals surface area contributed by atoms with Gasteiger partial charge in [0.15, 0.2) is 0 Å². The normalized spacial score (nSPS) is 18.5. The molecule has 3 rings (SSSR count). The number of carbonyl (C=O) groups excluding carboxylic acids is 1. The molecule has 0 saturated heterocycles. The number of rotatable bonds is 14. The van der Waals surface area contributed by atoms with E-state index in [9.17, 15) is 25.0 Å². The molecule has 0 amide bonds. The number of nitrogens with zero attached hydrogens (tertiary/aromatic N) is 3. The molecule has 38 heavy (non-hydrogen) atoms. The number of hydrogen-bond acceptors (Lipinski definition) is 6. The Morgan fingerprint density at radius 3 is 2.05 bits per heavy atom. The highest BCUT2D eigenvalue weighted by atomic mass is 16.6. The van der Waals surface area contributed by atoms with Crippen LogP contribution in [0.3, 0.4) is 0 Å². The molecule has 0 radical (unpaired) electrons. The molecular formula is C30H39N3O5. The number of fused-ring (bicyclic) bond motifs is 1. The average Bonchev–Trinajstić information content (AvgIpc) is 3.10. The lowest BCUT2D eigenvalue weighted by atomic mass is 9.83. The number of unbranched alkanes of at least 4 members (excludes halogenated alkanes) is 9. The van der Waals surface area contributed by atoms with Crippen molar-refractivity contribution in [1.29, 1.82) is 0 Å². The molecule has 0 fully saturated rings. The van der Waals surface area contributed by atoms with Crippen LogP contribution in [0.15, 0.2) is 71.2 Å². The number of Topliss-reactive ketones (excluding diaryl/α,β-unsaturated/α-hetero) is 1. The predicted molar refractivity (Wildman–Crippen MR) is 150 cm³/mol. The van der Waals surface area contributed by atoms with Gasteiger partial charge in [0.25, 0.3) is 11.5 Å². The van der Waals surface area contributed by atoms with Gasteiger partial charge in [0, 0.05) is 35.0 Å². The standard InChI is InChI=1S/C30H39N3O5/c1-4-5-6-7-8-9-10-11-12-15-20-31-26-17-14-13-16-25(26)30(2,3)28(31)19-18-23-21-24(32(35)36)22-27(29(23)34)33(37)38/h13-14,16-19,21-22H,4-12,15,20H2,1-3H3/b23-18-,28-19+. The highest BCUT2D eigenvalue weighted by Crippen LogP contribution is 2.47. The molecule has 0 bridgehead atoms. The number of para-hydroxylation sites is 1. The Morgan fingerprint density at radius 1 is 0.842 bits per heavy atom. The fourth-order valence-electron chi connectivity index (χ4n) is 5.29. The summed E-state index contributed by atoms with van der Waals surface area (Å²) in [5.74, 6) is -0.827. The first-order chi connectivity index (χ1) is 18.2. The molecule has 0 aromatic heterocycles. The smallest absolute Gasteiger partial charge is 0.323 e. The highest BCUT2D eigenvalue weighted by Gasteiger charge is 2.39.